The first-order valence-electron chi connectivity index (χ1n) is 13.8. The van der Waals surface area contributed by atoms with Crippen LogP contribution in [0.2, 0.25) is 0 Å². The van der Waals surface area contributed by atoms with Crippen LogP contribution in [0.4, 0.5) is 0 Å². The van der Waals surface area contributed by atoms with Crippen molar-refractivity contribution in [3.05, 3.63) is 101 Å². The molecule has 3 aromatic carbocycles. The van der Waals surface area contributed by atoms with Gasteiger partial charge in [0.15, 0.2) is 0 Å². The van der Waals surface area contributed by atoms with Crippen LogP contribution in [0.5, 0.6) is 11.5 Å². The zero-order valence-electron chi connectivity index (χ0n) is 22.6. The van der Waals surface area contributed by atoms with Crippen molar-refractivity contribution in [1.82, 2.24) is 4.90 Å². The molecule has 6 nitrogen and oxygen atoms in total. The summed E-state index contributed by atoms with van der Waals surface area (Å²) in [5, 5.41) is 11.6. The maximum Gasteiger partial charge on any atom is 0.295 e. The van der Waals surface area contributed by atoms with Crippen LogP contribution in [-0.4, -0.2) is 34.3 Å². The third-order valence-electron chi connectivity index (χ3n) is 7.62. The lowest BCUT2D eigenvalue weighted by Gasteiger charge is -2.35. The molecule has 0 bridgehead atoms. The van der Waals surface area contributed by atoms with Gasteiger partial charge in [-0.05, 0) is 73.7 Å². The Morgan fingerprint density at radius 2 is 1.69 bits per heavy atom. The summed E-state index contributed by atoms with van der Waals surface area (Å²) in [6.45, 7) is 4.75. The number of nitrogens with zero attached hydrogens (tertiary/aromatic N) is 1. The molecule has 1 amide bonds. The number of ether oxygens (including phenoxy) is 2. The van der Waals surface area contributed by atoms with Crippen molar-refractivity contribution < 1.29 is 24.2 Å². The van der Waals surface area contributed by atoms with Crippen molar-refractivity contribution in [2.75, 3.05) is 6.61 Å². The van der Waals surface area contributed by atoms with E-state index in [2.05, 4.69) is 0 Å². The lowest BCUT2D eigenvalue weighted by atomic mass is 9.90. The molecular weight excluding hydrogens is 490 g/mol. The number of benzene rings is 3. The van der Waals surface area contributed by atoms with Crippen LogP contribution >= 0.6 is 0 Å². The molecule has 1 unspecified atom stereocenters. The van der Waals surface area contributed by atoms with Crippen molar-refractivity contribution in [3.63, 3.8) is 0 Å². The second kappa shape index (κ2) is 11.8. The average Bonchev–Trinajstić information content (AvgIpc) is 3.23. The molecule has 1 saturated heterocycles. The van der Waals surface area contributed by atoms with E-state index in [-0.39, 0.29) is 17.4 Å². The number of likely N-dealkylation sites (tertiary alicyclic amines) is 1. The van der Waals surface area contributed by atoms with Gasteiger partial charge < -0.3 is 19.5 Å². The van der Waals surface area contributed by atoms with Crippen LogP contribution in [0.15, 0.2) is 78.4 Å². The van der Waals surface area contributed by atoms with Crippen molar-refractivity contribution in [2.24, 2.45) is 0 Å². The first kappa shape index (κ1) is 26.5. The smallest absolute Gasteiger partial charge is 0.295 e. The summed E-state index contributed by atoms with van der Waals surface area (Å²) in [6, 6.07) is 22.0. The second-order valence-electron chi connectivity index (χ2n) is 10.3. The van der Waals surface area contributed by atoms with E-state index in [1.807, 2.05) is 68.4 Å². The number of ketones is 1. The molecule has 1 N–H and O–H groups in total. The quantitative estimate of drug-likeness (QED) is 0.201. The summed E-state index contributed by atoms with van der Waals surface area (Å²) in [6.07, 6.45) is 4.86. The number of carbonyl (C=O) groups is 2. The Kier molecular flexibility index (Phi) is 8.01. The van der Waals surface area contributed by atoms with Gasteiger partial charge in [0.25, 0.3) is 11.7 Å². The number of aliphatic hydroxyl groups is 1. The fourth-order valence-corrected chi connectivity index (χ4v) is 5.70. The summed E-state index contributed by atoms with van der Waals surface area (Å²) < 4.78 is 11.7. The standard InChI is InChI=1S/C33H35NO5/c1-3-38-27-16-10-13-24(20-27)30-29(32(36)33(37)34(30)26-14-8-5-9-15-26)31(35)25-17-18-28(22(2)19-25)39-21-23-11-6-4-7-12-23/h4,6-7,10-13,16-20,26,30,35H,3,5,8-9,14-15,21H2,1-2H3/b31-29+. The summed E-state index contributed by atoms with van der Waals surface area (Å²) in [5.41, 5.74) is 3.24. The zero-order valence-corrected chi connectivity index (χ0v) is 22.6. The van der Waals surface area contributed by atoms with Gasteiger partial charge in [-0.25, -0.2) is 0 Å². The third-order valence-corrected chi connectivity index (χ3v) is 7.62. The maximum atomic E-state index is 13.5. The molecule has 2 aliphatic rings. The average molecular weight is 526 g/mol. The van der Waals surface area contributed by atoms with Crippen LogP contribution in [0, 0.1) is 6.92 Å². The van der Waals surface area contributed by atoms with Crippen LogP contribution < -0.4 is 9.47 Å². The Balaban J connectivity index is 1.52. The van der Waals surface area contributed by atoms with Crippen LogP contribution in [0.1, 0.15) is 67.3 Å². The van der Waals surface area contributed by atoms with Gasteiger partial charge in [0, 0.05) is 11.6 Å². The lowest BCUT2D eigenvalue weighted by molar-refractivity contribution is -0.141. The predicted octanol–water partition coefficient (Wildman–Crippen LogP) is 6.73. The highest BCUT2D eigenvalue weighted by molar-refractivity contribution is 6.46. The number of rotatable bonds is 8. The molecule has 0 spiro atoms. The molecule has 1 saturated carbocycles. The van der Waals surface area contributed by atoms with Crippen LogP contribution in [0.25, 0.3) is 5.76 Å². The number of hydrogen-bond acceptors (Lipinski definition) is 5. The maximum absolute atomic E-state index is 13.5. The normalized spacial score (nSPS) is 19.3. The highest BCUT2D eigenvalue weighted by atomic mass is 16.5. The second-order valence-corrected chi connectivity index (χ2v) is 10.3. The monoisotopic (exact) mass is 525 g/mol. The highest BCUT2D eigenvalue weighted by Gasteiger charge is 2.49. The minimum Gasteiger partial charge on any atom is -0.507 e. The van der Waals surface area contributed by atoms with Gasteiger partial charge in [-0.2, -0.15) is 0 Å². The SMILES string of the molecule is CCOc1cccc(C2/C(=C(\O)c3ccc(OCc4ccccc4)c(C)c3)C(=O)C(=O)N2C2CCCCC2)c1. The first-order valence-corrected chi connectivity index (χ1v) is 13.8. The van der Waals surface area contributed by atoms with Gasteiger partial charge in [-0.15, -0.1) is 0 Å². The largest absolute Gasteiger partial charge is 0.507 e. The van der Waals surface area contributed by atoms with E-state index in [9.17, 15) is 14.7 Å². The number of carbonyl (C=O) groups excluding carboxylic acids is 2. The molecule has 1 aliphatic carbocycles. The van der Waals surface area contributed by atoms with Gasteiger partial charge in [0.05, 0.1) is 18.2 Å². The molecule has 202 valence electrons. The summed E-state index contributed by atoms with van der Waals surface area (Å²) in [4.78, 5) is 28.7. The van der Waals surface area contributed by atoms with Crippen LogP contribution in [-0.2, 0) is 16.2 Å². The van der Waals surface area contributed by atoms with Gasteiger partial charge in [-0.3, -0.25) is 9.59 Å². The highest BCUT2D eigenvalue weighted by Crippen LogP contribution is 2.44. The summed E-state index contributed by atoms with van der Waals surface area (Å²) in [7, 11) is 0. The molecule has 1 aliphatic heterocycles. The minimum absolute atomic E-state index is 0.0447. The molecular formula is C33H35NO5. The fourth-order valence-electron chi connectivity index (χ4n) is 5.70. The van der Waals surface area contributed by atoms with Gasteiger partial charge in [-0.1, -0.05) is 61.7 Å². The Morgan fingerprint density at radius 1 is 0.923 bits per heavy atom. The molecule has 2 fully saturated rings. The van der Waals surface area contributed by atoms with E-state index in [1.54, 1.807) is 23.1 Å². The molecule has 0 radical (unpaired) electrons. The fraction of sp³-hybridized carbons (Fsp3) is 0.333. The summed E-state index contributed by atoms with van der Waals surface area (Å²) >= 11 is 0. The molecule has 1 heterocycles. The molecule has 5 rings (SSSR count). The van der Waals surface area contributed by atoms with Crippen molar-refractivity contribution in [1.29, 1.82) is 0 Å². The molecule has 1 atom stereocenters. The number of aliphatic hydroxyl groups excluding tert-OH is 1. The lowest BCUT2D eigenvalue weighted by Crippen LogP contribution is -2.40. The van der Waals surface area contributed by atoms with Crippen molar-refractivity contribution in [2.45, 2.75) is 64.6 Å². The van der Waals surface area contributed by atoms with Crippen LogP contribution in [0.3, 0.4) is 0 Å². The minimum atomic E-state index is -0.678. The molecule has 6 heteroatoms. The zero-order chi connectivity index (χ0) is 27.4. The van der Waals surface area contributed by atoms with Gasteiger partial charge >= 0.3 is 0 Å². The van der Waals surface area contributed by atoms with E-state index < -0.39 is 17.7 Å². The van der Waals surface area contributed by atoms with E-state index in [1.165, 1.54) is 0 Å². The Labute approximate surface area is 229 Å². The first-order chi connectivity index (χ1) is 19.0. The van der Waals surface area contributed by atoms with Crippen molar-refractivity contribution in [3.8, 4) is 11.5 Å². The number of aryl methyl sites for hydroxylation is 1. The van der Waals surface area contributed by atoms with Gasteiger partial charge in [0.2, 0.25) is 0 Å². The Bertz CT molecular complexity index is 1370. The molecule has 0 aromatic heterocycles. The van der Waals surface area contributed by atoms with Gasteiger partial charge in [0.1, 0.15) is 23.9 Å². The third kappa shape index (κ3) is 5.56. The topological polar surface area (TPSA) is 76.1 Å². The van der Waals surface area contributed by atoms with Crippen molar-refractivity contribution >= 4 is 17.4 Å². The van der Waals surface area contributed by atoms with E-state index in [0.29, 0.717) is 30.3 Å². The number of hydrogen-bond donors (Lipinski definition) is 1. The molecule has 39 heavy (non-hydrogen) atoms. The van der Waals surface area contributed by atoms with E-state index >= 15 is 0 Å². The summed E-state index contributed by atoms with van der Waals surface area (Å²) in [5.74, 6) is -0.00283. The number of amides is 1. The predicted molar refractivity (Wildman–Crippen MR) is 151 cm³/mol. The number of Topliss-reactive ketones (excluding diaryl/α,β-unsaturated/α-hetero) is 1. The van der Waals surface area contributed by atoms with E-state index in [0.717, 1.165) is 48.8 Å². The Hall–Kier alpha value is -4.06. The Morgan fingerprint density at radius 3 is 2.41 bits per heavy atom. The van der Waals surface area contributed by atoms with E-state index in [4.69, 9.17) is 9.47 Å². The molecule has 3 aromatic rings.